The molecule has 1 atom stereocenters. The highest BCUT2D eigenvalue weighted by molar-refractivity contribution is 9.10. The number of hydrogen-bond acceptors (Lipinski definition) is 4. The Kier molecular flexibility index (Phi) is 5.22. The first kappa shape index (κ1) is 18.6. The molecule has 0 bridgehead atoms. The van der Waals surface area contributed by atoms with Gasteiger partial charge in [-0.1, -0.05) is 28.1 Å². The highest BCUT2D eigenvalue weighted by Crippen LogP contribution is 2.33. The molecular formula is C18H15BrN4O4. The van der Waals surface area contributed by atoms with Crippen molar-refractivity contribution in [3.8, 4) is 0 Å². The number of nitro benzene ring substituents is 1. The van der Waals surface area contributed by atoms with E-state index in [0.717, 1.165) is 4.47 Å². The molecule has 9 heteroatoms. The summed E-state index contributed by atoms with van der Waals surface area (Å²) in [6.07, 6.45) is 0. The van der Waals surface area contributed by atoms with Crippen LogP contribution in [0.4, 0.5) is 16.2 Å². The highest BCUT2D eigenvalue weighted by atomic mass is 79.9. The molecule has 0 aromatic heterocycles. The van der Waals surface area contributed by atoms with Crippen molar-refractivity contribution >= 4 is 39.2 Å². The number of nitrogens with zero attached hydrogens (tertiary/aromatic N) is 1. The number of nitro groups is 1. The Morgan fingerprint density at radius 3 is 2.52 bits per heavy atom. The number of nitrogens with one attached hydrogen (secondary N) is 3. The van der Waals surface area contributed by atoms with Crippen molar-refractivity contribution in [3.63, 3.8) is 0 Å². The molecule has 1 heterocycles. The first-order valence-electron chi connectivity index (χ1n) is 7.95. The second kappa shape index (κ2) is 7.58. The molecule has 2 aromatic rings. The Bertz CT molecular complexity index is 956. The third-order valence-electron chi connectivity index (χ3n) is 4.06. The number of carbonyl (C=O) groups is 2. The average Bonchev–Trinajstić information content (AvgIpc) is 2.62. The topological polar surface area (TPSA) is 113 Å². The molecule has 3 rings (SSSR count). The highest BCUT2D eigenvalue weighted by Gasteiger charge is 2.34. The van der Waals surface area contributed by atoms with Crippen molar-refractivity contribution in [1.29, 1.82) is 0 Å². The largest absolute Gasteiger partial charge is 0.326 e. The lowest BCUT2D eigenvalue weighted by Gasteiger charge is -2.28. The second-order valence-corrected chi connectivity index (χ2v) is 6.76. The molecule has 0 saturated carbocycles. The molecule has 0 aliphatic carbocycles. The number of carbonyl (C=O) groups excluding carboxylic acids is 2. The first-order valence-corrected chi connectivity index (χ1v) is 8.74. The Morgan fingerprint density at radius 1 is 1.19 bits per heavy atom. The first-order chi connectivity index (χ1) is 12.9. The summed E-state index contributed by atoms with van der Waals surface area (Å²) in [6.45, 7) is 1.58. The van der Waals surface area contributed by atoms with Crippen molar-refractivity contribution in [1.82, 2.24) is 10.6 Å². The number of halogens is 1. The van der Waals surface area contributed by atoms with Gasteiger partial charge in [0, 0.05) is 21.9 Å². The maximum atomic E-state index is 12.9. The predicted molar refractivity (Wildman–Crippen MR) is 103 cm³/mol. The van der Waals surface area contributed by atoms with Crippen LogP contribution in [-0.2, 0) is 4.79 Å². The Balaban J connectivity index is 2.01. The minimum atomic E-state index is -0.948. The summed E-state index contributed by atoms with van der Waals surface area (Å²) < 4.78 is 0.861. The van der Waals surface area contributed by atoms with E-state index < -0.39 is 22.9 Å². The lowest BCUT2D eigenvalue weighted by molar-refractivity contribution is -0.385. The van der Waals surface area contributed by atoms with Crippen LogP contribution in [0.2, 0.25) is 0 Å². The van der Waals surface area contributed by atoms with Crippen molar-refractivity contribution in [3.05, 3.63) is 80.0 Å². The van der Waals surface area contributed by atoms with E-state index in [2.05, 4.69) is 31.9 Å². The minimum Gasteiger partial charge on any atom is -0.326 e. The van der Waals surface area contributed by atoms with Gasteiger partial charge >= 0.3 is 6.03 Å². The zero-order chi connectivity index (χ0) is 19.6. The molecule has 0 unspecified atom stereocenters. The van der Waals surface area contributed by atoms with E-state index in [1.807, 2.05) is 0 Å². The molecule has 0 fully saturated rings. The quantitative estimate of drug-likeness (QED) is 0.507. The molecule has 3 amide bonds. The predicted octanol–water partition coefficient (Wildman–Crippen LogP) is 3.62. The van der Waals surface area contributed by atoms with Gasteiger partial charge < -0.3 is 16.0 Å². The monoisotopic (exact) mass is 430 g/mol. The molecular weight excluding hydrogens is 416 g/mol. The van der Waals surface area contributed by atoms with E-state index in [4.69, 9.17) is 0 Å². The summed E-state index contributed by atoms with van der Waals surface area (Å²) in [4.78, 5) is 35.7. The smallest absolute Gasteiger partial charge is 0.319 e. The molecule has 8 nitrogen and oxygen atoms in total. The SMILES string of the molecule is CC1=C(C(=O)Nc2ccc(Br)cc2)[C@@H](c2ccccc2[N+](=O)[O-])NC(=O)N1. The number of amides is 3. The van der Waals surface area contributed by atoms with Crippen LogP contribution in [0, 0.1) is 10.1 Å². The number of para-hydroxylation sites is 1. The number of rotatable bonds is 4. The molecule has 0 radical (unpaired) electrons. The third-order valence-corrected chi connectivity index (χ3v) is 4.59. The number of hydrogen-bond donors (Lipinski definition) is 3. The Labute approximate surface area is 162 Å². The van der Waals surface area contributed by atoms with Gasteiger partial charge in [-0.05, 0) is 37.3 Å². The van der Waals surface area contributed by atoms with Crippen molar-refractivity contribution in [2.24, 2.45) is 0 Å². The number of anilines is 1. The van der Waals surface area contributed by atoms with Crippen molar-refractivity contribution < 1.29 is 14.5 Å². The van der Waals surface area contributed by atoms with E-state index >= 15 is 0 Å². The normalized spacial score (nSPS) is 16.4. The molecule has 2 aromatic carbocycles. The maximum Gasteiger partial charge on any atom is 0.319 e. The Morgan fingerprint density at radius 2 is 1.85 bits per heavy atom. The van der Waals surface area contributed by atoms with Crippen LogP contribution < -0.4 is 16.0 Å². The van der Waals surface area contributed by atoms with Gasteiger partial charge in [-0.25, -0.2) is 4.79 Å². The van der Waals surface area contributed by atoms with Gasteiger partial charge in [0.1, 0.15) is 0 Å². The number of urea groups is 1. The van der Waals surface area contributed by atoms with Crippen molar-refractivity contribution in [2.45, 2.75) is 13.0 Å². The summed E-state index contributed by atoms with van der Waals surface area (Å²) >= 11 is 3.32. The van der Waals surface area contributed by atoms with Crippen LogP contribution >= 0.6 is 15.9 Å². The summed E-state index contributed by atoms with van der Waals surface area (Å²) in [5.41, 5.74) is 1.15. The summed E-state index contributed by atoms with van der Waals surface area (Å²) in [6, 6.07) is 11.5. The molecule has 0 spiro atoms. The fourth-order valence-corrected chi connectivity index (χ4v) is 3.12. The van der Waals surface area contributed by atoms with Gasteiger partial charge in [0.2, 0.25) is 0 Å². The third kappa shape index (κ3) is 3.98. The fraction of sp³-hybridized carbons (Fsp3) is 0.111. The molecule has 0 saturated heterocycles. The Hall–Kier alpha value is -3.20. The fourth-order valence-electron chi connectivity index (χ4n) is 2.86. The zero-order valence-corrected chi connectivity index (χ0v) is 15.7. The standard InChI is InChI=1S/C18H15BrN4O4/c1-10-15(17(24)21-12-8-6-11(19)7-9-12)16(22-18(25)20-10)13-4-2-3-5-14(13)23(26)27/h2-9,16H,1H3,(H,21,24)(H2,20,22,25)/t16-/m1/s1. The molecule has 3 N–H and O–H groups in total. The number of allylic oxidation sites excluding steroid dienone is 1. The molecule has 138 valence electrons. The minimum absolute atomic E-state index is 0.175. The molecule has 1 aliphatic heterocycles. The number of benzene rings is 2. The van der Waals surface area contributed by atoms with Gasteiger partial charge in [0.05, 0.1) is 22.1 Å². The van der Waals surface area contributed by atoms with E-state index in [1.165, 1.54) is 18.2 Å². The maximum absolute atomic E-state index is 12.9. The summed E-state index contributed by atoms with van der Waals surface area (Å²) in [5.74, 6) is -0.467. The van der Waals surface area contributed by atoms with Gasteiger partial charge in [0.25, 0.3) is 11.6 Å². The van der Waals surface area contributed by atoms with Crippen molar-refractivity contribution in [2.75, 3.05) is 5.32 Å². The van der Waals surface area contributed by atoms with E-state index in [1.54, 1.807) is 37.3 Å². The lowest BCUT2D eigenvalue weighted by atomic mass is 9.93. The van der Waals surface area contributed by atoms with Gasteiger partial charge in [-0.2, -0.15) is 0 Å². The average molecular weight is 431 g/mol. The molecule has 27 heavy (non-hydrogen) atoms. The second-order valence-electron chi connectivity index (χ2n) is 5.85. The van der Waals surface area contributed by atoms with E-state index in [0.29, 0.717) is 11.4 Å². The van der Waals surface area contributed by atoms with Crippen LogP contribution in [0.3, 0.4) is 0 Å². The van der Waals surface area contributed by atoms with Gasteiger partial charge in [0.15, 0.2) is 0 Å². The summed E-state index contributed by atoms with van der Waals surface area (Å²) in [7, 11) is 0. The van der Waals surface area contributed by atoms with Crippen LogP contribution in [0.25, 0.3) is 0 Å². The van der Waals surface area contributed by atoms with Gasteiger partial charge in [-0.15, -0.1) is 0 Å². The van der Waals surface area contributed by atoms with Crippen LogP contribution in [-0.4, -0.2) is 16.9 Å². The van der Waals surface area contributed by atoms with E-state index in [-0.39, 0.29) is 16.8 Å². The van der Waals surface area contributed by atoms with E-state index in [9.17, 15) is 19.7 Å². The lowest BCUT2D eigenvalue weighted by Crippen LogP contribution is -2.46. The van der Waals surface area contributed by atoms with Crippen LogP contribution in [0.5, 0.6) is 0 Å². The van der Waals surface area contributed by atoms with Crippen LogP contribution in [0.15, 0.2) is 64.3 Å². The van der Waals surface area contributed by atoms with Crippen LogP contribution in [0.1, 0.15) is 18.5 Å². The van der Waals surface area contributed by atoms with Gasteiger partial charge in [-0.3, -0.25) is 14.9 Å². The molecule has 1 aliphatic rings. The zero-order valence-electron chi connectivity index (χ0n) is 14.2. The summed E-state index contributed by atoms with van der Waals surface area (Å²) in [5, 5.41) is 19.3.